The summed E-state index contributed by atoms with van der Waals surface area (Å²) in [5, 5.41) is 6.96. The maximum Gasteiger partial charge on any atom is 0.439 e. The largest absolute Gasteiger partial charge is 0.491 e. The van der Waals surface area contributed by atoms with Crippen molar-refractivity contribution in [3.05, 3.63) is 111 Å². The summed E-state index contributed by atoms with van der Waals surface area (Å²) in [5.41, 5.74) is 5.62. The molecule has 9 nitrogen and oxygen atoms in total. The van der Waals surface area contributed by atoms with E-state index in [-0.39, 0.29) is 11.7 Å². The third kappa shape index (κ3) is 5.99. The number of aryl methyl sites for hydroxylation is 1. The van der Waals surface area contributed by atoms with Gasteiger partial charge in [0.05, 0.1) is 17.5 Å². The minimum absolute atomic E-state index is 0.0135. The molecule has 210 valence electrons. The highest BCUT2D eigenvalue weighted by molar-refractivity contribution is 5.80. The van der Waals surface area contributed by atoms with Gasteiger partial charge in [-0.15, -0.1) is 0 Å². The lowest BCUT2D eigenvalue weighted by atomic mass is 9.96. The minimum Gasteiger partial charge on any atom is -0.491 e. The minimum atomic E-state index is -0.601. The molecule has 0 saturated heterocycles. The van der Waals surface area contributed by atoms with Gasteiger partial charge in [-0.1, -0.05) is 73.1 Å². The summed E-state index contributed by atoms with van der Waals surface area (Å²) in [4.78, 5) is 33.1. The van der Waals surface area contributed by atoms with E-state index >= 15 is 0 Å². The lowest BCUT2D eigenvalue weighted by Crippen LogP contribution is -2.28. The molecular weight excluding hydrogens is 518 g/mol. The van der Waals surface area contributed by atoms with Crippen LogP contribution in [0, 0.1) is 0 Å². The molecule has 0 aliphatic rings. The molecule has 0 saturated carbocycles. The van der Waals surface area contributed by atoms with Crippen molar-refractivity contribution >= 4 is 5.95 Å². The Balaban J connectivity index is 1.53. The van der Waals surface area contributed by atoms with Crippen LogP contribution >= 0.6 is 0 Å². The highest BCUT2D eigenvalue weighted by atomic mass is 16.5. The summed E-state index contributed by atoms with van der Waals surface area (Å²) in [5.74, 6) is 0.951. The Morgan fingerprint density at radius 3 is 2.41 bits per heavy atom. The van der Waals surface area contributed by atoms with Crippen molar-refractivity contribution in [3.63, 3.8) is 0 Å². The fourth-order valence-electron chi connectivity index (χ4n) is 4.89. The second kappa shape index (κ2) is 12.1. The summed E-state index contributed by atoms with van der Waals surface area (Å²) in [6.45, 7) is 6.02. The quantitative estimate of drug-likeness (QED) is 0.232. The van der Waals surface area contributed by atoms with E-state index in [4.69, 9.17) is 14.2 Å². The maximum absolute atomic E-state index is 14.1. The van der Waals surface area contributed by atoms with Crippen LogP contribution in [-0.2, 0) is 12.8 Å². The number of nitrogens with one attached hydrogen (secondary N) is 2. The third-order valence-corrected chi connectivity index (χ3v) is 6.69. The van der Waals surface area contributed by atoms with Crippen molar-refractivity contribution in [3.8, 4) is 34.0 Å². The predicted molar refractivity (Wildman–Crippen MR) is 160 cm³/mol. The average Bonchev–Trinajstić information content (AvgIpc) is 3.41. The summed E-state index contributed by atoms with van der Waals surface area (Å²) in [7, 11) is 1.77. The number of benzene rings is 3. The van der Waals surface area contributed by atoms with Gasteiger partial charge >= 0.3 is 5.76 Å². The first-order chi connectivity index (χ1) is 19.9. The molecule has 5 rings (SSSR count). The topological polar surface area (TPSA) is 115 Å². The van der Waals surface area contributed by atoms with Crippen molar-refractivity contribution in [1.82, 2.24) is 19.7 Å². The average molecular weight is 552 g/mol. The molecule has 0 fully saturated rings. The second-order valence-electron chi connectivity index (χ2n) is 10.0. The first kappa shape index (κ1) is 27.6. The van der Waals surface area contributed by atoms with Gasteiger partial charge in [-0.2, -0.15) is 0 Å². The molecule has 0 amide bonds. The zero-order valence-corrected chi connectivity index (χ0v) is 23.6. The first-order valence-electron chi connectivity index (χ1n) is 13.7. The Morgan fingerprint density at radius 1 is 1.00 bits per heavy atom. The molecule has 2 N–H and O–H groups in total. The molecule has 2 aromatic heterocycles. The number of anilines is 1. The number of aromatic nitrogens is 4. The van der Waals surface area contributed by atoms with Crippen molar-refractivity contribution in [2.75, 3.05) is 12.4 Å². The van der Waals surface area contributed by atoms with Crippen molar-refractivity contribution < 1.29 is 9.26 Å². The van der Waals surface area contributed by atoms with E-state index in [1.165, 1.54) is 0 Å². The van der Waals surface area contributed by atoms with Crippen LogP contribution in [0.15, 0.2) is 86.9 Å². The van der Waals surface area contributed by atoms with Crippen LogP contribution in [-0.4, -0.2) is 32.8 Å². The van der Waals surface area contributed by atoms with Gasteiger partial charge in [-0.3, -0.25) is 14.3 Å². The Labute approximate surface area is 237 Å². The molecule has 3 aromatic carbocycles. The molecule has 0 aliphatic heterocycles. The van der Waals surface area contributed by atoms with Gasteiger partial charge in [0.2, 0.25) is 5.95 Å². The molecule has 0 bridgehead atoms. The fourth-order valence-corrected chi connectivity index (χ4v) is 4.89. The van der Waals surface area contributed by atoms with Crippen LogP contribution in [0.3, 0.4) is 0 Å². The molecule has 0 aliphatic carbocycles. The Hall–Kier alpha value is -4.92. The normalized spacial score (nSPS) is 11.1. The van der Waals surface area contributed by atoms with Crippen molar-refractivity contribution in [2.24, 2.45) is 0 Å². The lowest BCUT2D eigenvalue weighted by Gasteiger charge is -2.18. The van der Waals surface area contributed by atoms with Gasteiger partial charge in [0.1, 0.15) is 5.75 Å². The number of rotatable bonds is 10. The monoisotopic (exact) mass is 551 g/mol. The lowest BCUT2D eigenvalue weighted by molar-refractivity contribution is 0.242. The number of H-pyrrole nitrogens is 1. The highest BCUT2D eigenvalue weighted by Gasteiger charge is 2.18. The molecule has 0 spiro atoms. The summed E-state index contributed by atoms with van der Waals surface area (Å²) in [6.07, 6.45) is 2.01. The molecule has 9 heteroatoms. The first-order valence-corrected chi connectivity index (χ1v) is 13.7. The predicted octanol–water partition coefficient (Wildman–Crippen LogP) is 5.62. The zero-order valence-electron chi connectivity index (χ0n) is 23.6. The van der Waals surface area contributed by atoms with E-state index in [1.807, 2.05) is 86.6 Å². The molecule has 0 atom stereocenters. The van der Waals surface area contributed by atoms with Crippen LogP contribution < -0.4 is 21.4 Å². The summed E-state index contributed by atoms with van der Waals surface area (Å²) >= 11 is 0. The highest BCUT2D eigenvalue weighted by Crippen LogP contribution is 2.30. The summed E-state index contributed by atoms with van der Waals surface area (Å²) < 4.78 is 12.2. The molecule has 0 radical (unpaired) electrons. The Morgan fingerprint density at radius 2 is 1.76 bits per heavy atom. The van der Waals surface area contributed by atoms with E-state index in [0.717, 1.165) is 34.4 Å². The summed E-state index contributed by atoms with van der Waals surface area (Å²) in [6, 6.07) is 23.2. The van der Waals surface area contributed by atoms with E-state index in [2.05, 4.69) is 22.4 Å². The zero-order chi connectivity index (χ0) is 28.9. The van der Waals surface area contributed by atoms with Gasteiger partial charge in [0.25, 0.3) is 5.56 Å². The molecule has 41 heavy (non-hydrogen) atoms. The molecule has 5 aromatic rings. The van der Waals surface area contributed by atoms with Crippen LogP contribution in [0.25, 0.3) is 28.2 Å². The van der Waals surface area contributed by atoms with Gasteiger partial charge in [0.15, 0.2) is 5.82 Å². The number of hydrogen-bond acceptors (Lipinski definition) is 7. The van der Waals surface area contributed by atoms with E-state index in [1.54, 1.807) is 11.6 Å². The number of hydrogen-bond donors (Lipinski definition) is 2. The van der Waals surface area contributed by atoms with Crippen LogP contribution in [0.5, 0.6) is 5.75 Å². The fraction of sp³-hybridized carbons (Fsp3) is 0.250. The Bertz CT molecular complexity index is 1770. The van der Waals surface area contributed by atoms with E-state index in [9.17, 15) is 9.59 Å². The number of nitrogens with zero attached hydrogens (tertiary/aromatic N) is 3. The van der Waals surface area contributed by atoms with Crippen molar-refractivity contribution in [2.45, 2.75) is 46.1 Å². The van der Waals surface area contributed by atoms with Crippen molar-refractivity contribution in [1.29, 1.82) is 0 Å². The van der Waals surface area contributed by atoms with Crippen LogP contribution in [0.1, 0.15) is 44.0 Å². The van der Waals surface area contributed by atoms with Crippen LogP contribution in [0.2, 0.25) is 0 Å². The molecular formula is C32H33N5O4. The molecule has 0 unspecified atom stereocenters. The van der Waals surface area contributed by atoms with Gasteiger partial charge in [0, 0.05) is 30.7 Å². The van der Waals surface area contributed by atoms with Crippen LogP contribution in [0.4, 0.5) is 5.95 Å². The smallest absolute Gasteiger partial charge is 0.439 e. The standard InChI is InChI=1S/C32H33N5O4/c1-5-9-28-27(30(38)37(31(33-4)34-28)23-10-8-11-24(19-23)40-20(2)3)18-21-14-16-22(17-15-21)25-12-6-7-13-26(25)29-35-32(39)41-36-29/h6-8,10-17,19-20H,5,9,18H2,1-4H3,(H,33,34)(H,35,36,39). The Kier molecular flexibility index (Phi) is 8.14. The van der Waals surface area contributed by atoms with Gasteiger partial charge < -0.3 is 10.1 Å². The second-order valence-corrected chi connectivity index (χ2v) is 10.0. The van der Waals surface area contributed by atoms with E-state index < -0.39 is 5.76 Å². The SMILES string of the molecule is CCCc1nc(NC)n(-c2cccc(OC(C)C)c2)c(=O)c1Cc1ccc(-c2ccccc2-c2noc(=O)[nH]2)cc1. The number of aromatic amines is 1. The van der Waals surface area contributed by atoms with Gasteiger partial charge in [-0.25, -0.2) is 14.3 Å². The van der Waals surface area contributed by atoms with E-state index in [0.29, 0.717) is 41.6 Å². The molecule has 2 heterocycles. The third-order valence-electron chi connectivity index (χ3n) is 6.69. The maximum atomic E-state index is 14.1. The van der Waals surface area contributed by atoms with Gasteiger partial charge in [-0.05, 0) is 49.1 Å². The number of ether oxygens (including phenoxy) is 1.